The summed E-state index contributed by atoms with van der Waals surface area (Å²) in [7, 11) is 0. The Kier molecular flexibility index (Phi) is 3.27. The lowest BCUT2D eigenvalue weighted by Crippen LogP contribution is -2.47. The summed E-state index contributed by atoms with van der Waals surface area (Å²) in [5.74, 6) is -3.35. The molecule has 1 unspecified atom stereocenters. The molecule has 13 heavy (non-hydrogen) atoms. The van der Waals surface area contributed by atoms with Gasteiger partial charge in [-0.1, -0.05) is 15.9 Å². The van der Waals surface area contributed by atoms with Gasteiger partial charge in [0.1, 0.15) is 0 Å². The van der Waals surface area contributed by atoms with Crippen LogP contribution in [0.25, 0.3) is 0 Å². The molecule has 1 aliphatic carbocycles. The van der Waals surface area contributed by atoms with Crippen LogP contribution >= 0.6 is 15.9 Å². The van der Waals surface area contributed by atoms with E-state index in [9.17, 15) is 13.6 Å². The van der Waals surface area contributed by atoms with Crippen LogP contribution in [0.4, 0.5) is 8.78 Å². The molecule has 0 saturated heterocycles. The molecule has 5 heteroatoms. The fraction of sp³-hybridized carbons (Fsp3) is 0.875. The van der Waals surface area contributed by atoms with Crippen LogP contribution in [0.1, 0.15) is 19.8 Å². The highest BCUT2D eigenvalue weighted by atomic mass is 79.9. The lowest BCUT2D eigenvalue weighted by atomic mass is 9.80. The van der Waals surface area contributed by atoms with E-state index in [1.807, 2.05) is 6.92 Å². The molecule has 1 aliphatic rings. The average Bonchev–Trinajstić information content (AvgIpc) is 1.99. The number of carbonyl (C=O) groups is 1. The summed E-state index contributed by atoms with van der Waals surface area (Å²) in [6, 6.07) is 0.00159. The second-order valence-corrected chi connectivity index (χ2v) is 4.17. The van der Waals surface area contributed by atoms with Crippen molar-refractivity contribution < 1.29 is 13.6 Å². The molecule has 0 aromatic heterocycles. The van der Waals surface area contributed by atoms with Crippen molar-refractivity contribution in [2.24, 2.45) is 5.92 Å². The highest BCUT2D eigenvalue weighted by Crippen LogP contribution is 2.42. The van der Waals surface area contributed by atoms with E-state index in [2.05, 4.69) is 21.2 Å². The number of alkyl halides is 3. The normalized spacial score (nSPS) is 23.4. The maximum absolute atomic E-state index is 12.4. The van der Waals surface area contributed by atoms with E-state index in [1.165, 1.54) is 0 Å². The zero-order valence-electron chi connectivity index (χ0n) is 7.32. The van der Waals surface area contributed by atoms with Gasteiger partial charge >= 0.3 is 0 Å². The summed E-state index contributed by atoms with van der Waals surface area (Å²) in [6.45, 7) is 1.82. The fourth-order valence-corrected chi connectivity index (χ4v) is 1.41. The van der Waals surface area contributed by atoms with Gasteiger partial charge in [-0.05, 0) is 6.92 Å². The predicted octanol–water partition coefficient (Wildman–Crippen LogP) is 1.93. The van der Waals surface area contributed by atoms with E-state index in [0.29, 0.717) is 5.33 Å². The van der Waals surface area contributed by atoms with Crippen molar-refractivity contribution in [3.8, 4) is 0 Å². The number of nitrogens with one attached hydrogen (secondary N) is 1. The van der Waals surface area contributed by atoms with E-state index in [0.717, 1.165) is 0 Å². The summed E-state index contributed by atoms with van der Waals surface area (Å²) in [5, 5.41) is 3.29. The second-order valence-electron chi connectivity index (χ2n) is 3.53. The first-order valence-electron chi connectivity index (χ1n) is 4.19. The lowest BCUT2D eigenvalue weighted by molar-refractivity contribution is -0.150. The van der Waals surface area contributed by atoms with Crippen molar-refractivity contribution in [3.63, 3.8) is 0 Å². The monoisotopic (exact) mass is 255 g/mol. The number of amides is 1. The number of hydrogen-bond acceptors (Lipinski definition) is 1. The SMILES string of the molecule is CC(CBr)NC(=O)C1CC(F)(F)C1. The van der Waals surface area contributed by atoms with E-state index in [-0.39, 0.29) is 24.8 Å². The van der Waals surface area contributed by atoms with Crippen molar-refractivity contribution in [2.45, 2.75) is 31.7 Å². The first-order chi connectivity index (χ1) is 5.94. The van der Waals surface area contributed by atoms with E-state index >= 15 is 0 Å². The van der Waals surface area contributed by atoms with Gasteiger partial charge in [-0.3, -0.25) is 4.79 Å². The molecule has 1 rings (SSSR count). The smallest absolute Gasteiger partial charge is 0.249 e. The number of carbonyl (C=O) groups excluding carboxylic acids is 1. The molecule has 1 fully saturated rings. The largest absolute Gasteiger partial charge is 0.353 e. The fourth-order valence-electron chi connectivity index (χ4n) is 1.25. The maximum atomic E-state index is 12.4. The molecular weight excluding hydrogens is 244 g/mol. The highest BCUT2D eigenvalue weighted by molar-refractivity contribution is 9.09. The molecule has 2 nitrogen and oxygen atoms in total. The van der Waals surface area contributed by atoms with Crippen molar-refractivity contribution in [3.05, 3.63) is 0 Å². The van der Waals surface area contributed by atoms with Gasteiger partial charge in [-0.15, -0.1) is 0 Å². The van der Waals surface area contributed by atoms with E-state index in [1.54, 1.807) is 0 Å². The van der Waals surface area contributed by atoms with E-state index in [4.69, 9.17) is 0 Å². The van der Waals surface area contributed by atoms with E-state index < -0.39 is 11.8 Å². The highest BCUT2D eigenvalue weighted by Gasteiger charge is 2.48. The van der Waals surface area contributed by atoms with Gasteiger partial charge in [0, 0.05) is 30.1 Å². The van der Waals surface area contributed by atoms with Crippen LogP contribution in [0.15, 0.2) is 0 Å². The topological polar surface area (TPSA) is 29.1 Å². The molecular formula is C8H12BrF2NO. The van der Waals surface area contributed by atoms with Gasteiger partial charge in [0.2, 0.25) is 11.8 Å². The Hall–Kier alpha value is -0.190. The molecule has 0 radical (unpaired) electrons. The molecule has 1 atom stereocenters. The summed E-state index contributed by atoms with van der Waals surface area (Å²) in [6.07, 6.45) is -0.596. The Labute approximate surface area is 84.2 Å². The van der Waals surface area contributed by atoms with Gasteiger partial charge in [0.05, 0.1) is 0 Å². The molecule has 0 bridgehead atoms. The molecule has 1 saturated carbocycles. The minimum atomic E-state index is -2.61. The summed E-state index contributed by atoms with van der Waals surface area (Å²) in [4.78, 5) is 11.2. The number of hydrogen-bond donors (Lipinski definition) is 1. The first-order valence-corrected chi connectivity index (χ1v) is 5.31. The molecule has 1 amide bonds. The molecule has 0 heterocycles. The van der Waals surface area contributed by atoms with Crippen LogP contribution in [0.3, 0.4) is 0 Å². The van der Waals surface area contributed by atoms with Gasteiger partial charge < -0.3 is 5.32 Å². The summed E-state index contributed by atoms with van der Waals surface area (Å²) in [5.41, 5.74) is 0. The third-order valence-electron chi connectivity index (χ3n) is 2.08. The van der Waals surface area contributed by atoms with Gasteiger partial charge in [-0.2, -0.15) is 0 Å². The quantitative estimate of drug-likeness (QED) is 0.768. The standard InChI is InChI=1S/C8H12BrF2NO/c1-5(4-9)12-7(13)6-2-8(10,11)3-6/h5-6H,2-4H2,1H3,(H,12,13). The molecule has 0 spiro atoms. The lowest BCUT2D eigenvalue weighted by Gasteiger charge is -2.34. The number of halogens is 3. The Bertz CT molecular complexity index is 202. The predicted molar refractivity (Wildman–Crippen MR) is 49.1 cm³/mol. The first kappa shape index (κ1) is 10.9. The Morgan fingerprint density at radius 3 is 2.62 bits per heavy atom. The maximum Gasteiger partial charge on any atom is 0.249 e. The van der Waals surface area contributed by atoms with Crippen LogP contribution in [0.2, 0.25) is 0 Å². The minimum Gasteiger partial charge on any atom is -0.353 e. The summed E-state index contributed by atoms with van der Waals surface area (Å²) >= 11 is 3.19. The van der Waals surface area contributed by atoms with Crippen LogP contribution in [0, 0.1) is 5.92 Å². The van der Waals surface area contributed by atoms with Crippen molar-refractivity contribution in [2.75, 3.05) is 5.33 Å². The summed E-state index contributed by atoms with van der Waals surface area (Å²) < 4.78 is 24.8. The van der Waals surface area contributed by atoms with Crippen LogP contribution in [-0.2, 0) is 4.79 Å². The van der Waals surface area contributed by atoms with Gasteiger partial charge in [0.25, 0.3) is 0 Å². The molecule has 0 aliphatic heterocycles. The molecule has 0 aromatic carbocycles. The third-order valence-corrected chi connectivity index (χ3v) is 3.05. The van der Waals surface area contributed by atoms with Crippen LogP contribution in [-0.4, -0.2) is 23.2 Å². The van der Waals surface area contributed by atoms with Crippen LogP contribution in [0.5, 0.6) is 0 Å². The second kappa shape index (κ2) is 3.90. The zero-order valence-corrected chi connectivity index (χ0v) is 8.90. The third kappa shape index (κ3) is 2.90. The minimum absolute atomic E-state index is 0.00159. The van der Waals surface area contributed by atoms with Crippen molar-refractivity contribution in [1.82, 2.24) is 5.32 Å². The van der Waals surface area contributed by atoms with Crippen molar-refractivity contribution >= 4 is 21.8 Å². The van der Waals surface area contributed by atoms with Crippen LogP contribution < -0.4 is 5.32 Å². The Morgan fingerprint density at radius 1 is 1.69 bits per heavy atom. The zero-order chi connectivity index (χ0) is 10.1. The molecule has 76 valence electrons. The Balaban J connectivity index is 2.27. The molecule has 1 N–H and O–H groups in total. The van der Waals surface area contributed by atoms with Crippen molar-refractivity contribution in [1.29, 1.82) is 0 Å². The number of rotatable bonds is 3. The molecule has 0 aromatic rings. The van der Waals surface area contributed by atoms with Gasteiger partial charge in [-0.25, -0.2) is 8.78 Å². The average molecular weight is 256 g/mol. The Morgan fingerprint density at radius 2 is 2.23 bits per heavy atom. The van der Waals surface area contributed by atoms with Gasteiger partial charge in [0.15, 0.2) is 0 Å².